The van der Waals surface area contributed by atoms with Gasteiger partial charge in [-0.1, -0.05) is 0 Å². The quantitative estimate of drug-likeness (QED) is 0.780. The first-order chi connectivity index (χ1) is 9.16. The molecule has 1 saturated heterocycles. The highest BCUT2D eigenvalue weighted by molar-refractivity contribution is 14.1. The number of halogens is 2. The molecule has 0 spiro atoms. The number of aromatic amines is 1. The molecular formula is C13H12FIN2O2. The number of nitrogens with zero attached hydrogens (tertiary/aromatic N) is 1. The fourth-order valence-corrected chi connectivity index (χ4v) is 3.01. The molecule has 0 bridgehead atoms. The van der Waals surface area contributed by atoms with E-state index in [1.807, 2.05) is 0 Å². The molecule has 1 aromatic carbocycles. The van der Waals surface area contributed by atoms with Crippen molar-refractivity contribution in [1.82, 2.24) is 9.88 Å². The van der Waals surface area contributed by atoms with Crippen LogP contribution < -0.4 is 0 Å². The van der Waals surface area contributed by atoms with E-state index in [4.69, 9.17) is 4.74 Å². The maximum absolute atomic E-state index is 13.3. The molecule has 1 aliphatic heterocycles. The zero-order valence-electron chi connectivity index (χ0n) is 10.1. The van der Waals surface area contributed by atoms with E-state index in [1.54, 1.807) is 11.0 Å². The van der Waals surface area contributed by atoms with Gasteiger partial charge in [0.2, 0.25) is 0 Å². The summed E-state index contributed by atoms with van der Waals surface area (Å²) in [5, 5.41) is 0.747. The lowest BCUT2D eigenvalue weighted by molar-refractivity contribution is 0.0299. The van der Waals surface area contributed by atoms with Crippen molar-refractivity contribution in [1.29, 1.82) is 0 Å². The molecule has 2 aromatic rings. The summed E-state index contributed by atoms with van der Waals surface area (Å²) in [7, 11) is 0. The van der Waals surface area contributed by atoms with E-state index in [-0.39, 0.29) is 11.7 Å². The van der Waals surface area contributed by atoms with E-state index in [1.165, 1.54) is 12.1 Å². The summed E-state index contributed by atoms with van der Waals surface area (Å²) in [5.74, 6) is -0.348. The van der Waals surface area contributed by atoms with E-state index >= 15 is 0 Å². The van der Waals surface area contributed by atoms with Crippen molar-refractivity contribution in [3.8, 4) is 0 Å². The third-order valence-corrected chi connectivity index (χ3v) is 4.33. The molecule has 0 atom stereocenters. The predicted octanol–water partition coefficient (Wildman–Crippen LogP) is 2.38. The number of ether oxygens (including phenoxy) is 1. The normalized spacial score (nSPS) is 16.0. The monoisotopic (exact) mass is 374 g/mol. The number of amides is 1. The Labute approximate surface area is 123 Å². The molecule has 3 rings (SSSR count). The Bertz CT molecular complexity index is 635. The number of aromatic nitrogens is 1. The highest BCUT2D eigenvalue weighted by atomic mass is 127. The highest BCUT2D eigenvalue weighted by Crippen LogP contribution is 2.26. The fraction of sp³-hybridized carbons (Fsp3) is 0.308. The van der Waals surface area contributed by atoms with Gasteiger partial charge in [-0.2, -0.15) is 0 Å². The number of H-pyrrole nitrogens is 1. The van der Waals surface area contributed by atoms with Crippen LogP contribution in [0.5, 0.6) is 0 Å². The first-order valence-corrected chi connectivity index (χ1v) is 7.08. The first-order valence-electron chi connectivity index (χ1n) is 6.00. The number of morpholine rings is 1. The van der Waals surface area contributed by atoms with Crippen molar-refractivity contribution in [2.75, 3.05) is 26.3 Å². The molecule has 100 valence electrons. The van der Waals surface area contributed by atoms with E-state index in [2.05, 4.69) is 27.6 Å². The van der Waals surface area contributed by atoms with Crippen LogP contribution in [0.3, 0.4) is 0 Å². The van der Waals surface area contributed by atoms with Crippen LogP contribution in [0.4, 0.5) is 4.39 Å². The van der Waals surface area contributed by atoms with Gasteiger partial charge >= 0.3 is 0 Å². The molecule has 6 heteroatoms. The van der Waals surface area contributed by atoms with Crippen LogP contribution in [0.2, 0.25) is 0 Å². The number of rotatable bonds is 1. The Morgan fingerprint density at radius 3 is 2.84 bits per heavy atom. The Morgan fingerprint density at radius 1 is 1.37 bits per heavy atom. The Kier molecular flexibility index (Phi) is 3.44. The fourth-order valence-electron chi connectivity index (χ4n) is 2.20. The molecule has 0 radical (unpaired) electrons. The number of hydrogen-bond acceptors (Lipinski definition) is 2. The predicted molar refractivity (Wildman–Crippen MR) is 77.7 cm³/mol. The molecule has 19 heavy (non-hydrogen) atoms. The molecule has 1 N–H and O–H groups in total. The second-order valence-electron chi connectivity index (χ2n) is 4.41. The third-order valence-electron chi connectivity index (χ3n) is 3.21. The summed E-state index contributed by atoms with van der Waals surface area (Å²) >= 11 is 2.09. The second-order valence-corrected chi connectivity index (χ2v) is 5.49. The van der Waals surface area contributed by atoms with Gasteiger partial charge in [0, 0.05) is 24.0 Å². The Balaban J connectivity index is 2.00. The van der Waals surface area contributed by atoms with E-state index in [9.17, 15) is 9.18 Å². The number of fused-ring (bicyclic) bond motifs is 1. The summed E-state index contributed by atoms with van der Waals surface area (Å²) < 4.78 is 19.3. The summed E-state index contributed by atoms with van der Waals surface area (Å²) in [6.45, 7) is 2.33. The standard InChI is InChI=1S/C13H12FIN2O2/c14-8-1-2-10-9(7-8)11(15)12(16-10)13(18)17-3-5-19-6-4-17/h1-2,7,16H,3-6H2. The molecule has 0 aliphatic carbocycles. The largest absolute Gasteiger partial charge is 0.378 e. The number of benzene rings is 1. The zero-order chi connectivity index (χ0) is 13.4. The van der Waals surface area contributed by atoms with Crippen molar-refractivity contribution in [2.45, 2.75) is 0 Å². The summed E-state index contributed by atoms with van der Waals surface area (Å²) in [4.78, 5) is 17.3. The van der Waals surface area contributed by atoms with Gasteiger partial charge in [0.1, 0.15) is 11.5 Å². The van der Waals surface area contributed by atoms with Gasteiger partial charge in [-0.15, -0.1) is 0 Å². The Hall–Kier alpha value is -1.15. The van der Waals surface area contributed by atoms with Crippen LogP contribution in [0.25, 0.3) is 10.9 Å². The van der Waals surface area contributed by atoms with Crippen molar-refractivity contribution >= 4 is 39.4 Å². The molecule has 1 aliphatic rings. The lowest BCUT2D eigenvalue weighted by atomic mass is 10.2. The number of carbonyl (C=O) groups is 1. The Morgan fingerprint density at radius 2 is 2.11 bits per heavy atom. The van der Waals surface area contributed by atoms with Crippen molar-refractivity contribution in [3.05, 3.63) is 33.3 Å². The third kappa shape index (κ3) is 2.34. The second kappa shape index (κ2) is 5.09. The maximum Gasteiger partial charge on any atom is 0.271 e. The van der Waals surface area contributed by atoms with E-state index < -0.39 is 0 Å². The van der Waals surface area contributed by atoms with Crippen molar-refractivity contribution < 1.29 is 13.9 Å². The zero-order valence-corrected chi connectivity index (χ0v) is 12.2. The van der Waals surface area contributed by atoms with Crippen LogP contribution in [0.15, 0.2) is 18.2 Å². The van der Waals surface area contributed by atoms with Crippen molar-refractivity contribution in [2.24, 2.45) is 0 Å². The average Bonchev–Trinajstić information content (AvgIpc) is 2.76. The minimum Gasteiger partial charge on any atom is -0.378 e. The first kappa shape index (κ1) is 12.9. The van der Waals surface area contributed by atoms with Crippen LogP contribution in [0, 0.1) is 9.39 Å². The van der Waals surface area contributed by atoms with Crippen LogP contribution in [-0.4, -0.2) is 42.1 Å². The molecule has 0 unspecified atom stereocenters. The van der Waals surface area contributed by atoms with E-state index in [0.717, 1.165) is 14.5 Å². The molecule has 0 saturated carbocycles. The minimum atomic E-state index is -0.296. The SMILES string of the molecule is O=C(c1[nH]c2ccc(F)cc2c1I)N1CCOCC1. The van der Waals surface area contributed by atoms with Crippen LogP contribution in [-0.2, 0) is 4.74 Å². The van der Waals surface area contributed by atoms with Gasteiger partial charge in [0.25, 0.3) is 5.91 Å². The average molecular weight is 374 g/mol. The van der Waals surface area contributed by atoms with Crippen LogP contribution in [0.1, 0.15) is 10.5 Å². The van der Waals surface area contributed by atoms with Gasteiger partial charge < -0.3 is 14.6 Å². The molecule has 1 amide bonds. The van der Waals surface area contributed by atoms with Gasteiger partial charge in [0.05, 0.1) is 16.8 Å². The molecule has 1 fully saturated rings. The smallest absolute Gasteiger partial charge is 0.271 e. The summed E-state index contributed by atoms with van der Waals surface area (Å²) in [5.41, 5.74) is 1.31. The van der Waals surface area contributed by atoms with Crippen LogP contribution >= 0.6 is 22.6 Å². The van der Waals surface area contributed by atoms with Gasteiger partial charge in [0.15, 0.2) is 0 Å². The lowest BCUT2D eigenvalue weighted by Crippen LogP contribution is -2.41. The van der Waals surface area contributed by atoms with Gasteiger partial charge in [-0.25, -0.2) is 4.39 Å². The van der Waals surface area contributed by atoms with E-state index in [0.29, 0.717) is 32.0 Å². The lowest BCUT2D eigenvalue weighted by Gasteiger charge is -2.26. The number of hydrogen-bond donors (Lipinski definition) is 1. The van der Waals surface area contributed by atoms with Gasteiger partial charge in [-0.05, 0) is 40.8 Å². The molecule has 4 nitrogen and oxygen atoms in total. The number of nitrogens with one attached hydrogen (secondary N) is 1. The van der Waals surface area contributed by atoms with Gasteiger partial charge in [-0.3, -0.25) is 4.79 Å². The summed E-state index contributed by atoms with van der Waals surface area (Å²) in [6.07, 6.45) is 0. The molecular weight excluding hydrogens is 362 g/mol. The molecule has 1 aromatic heterocycles. The van der Waals surface area contributed by atoms with Crippen molar-refractivity contribution in [3.63, 3.8) is 0 Å². The minimum absolute atomic E-state index is 0.0516. The topological polar surface area (TPSA) is 45.3 Å². The number of carbonyl (C=O) groups excluding carboxylic acids is 1. The molecule has 2 heterocycles. The maximum atomic E-state index is 13.3. The summed E-state index contributed by atoms with van der Waals surface area (Å²) in [6, 6.07) is 4.49. The highest BCUT2D eigenvalue weighted by Gasteiger charge is 2.23.